The lowest BCUT2D eigenvalue weighted by Crippen LogP contribution is -2.27. The minimum absolute atomic E-state index is 0.265. The maximum absolute atomic E-state index is 13.6. The van der Waals surface area contributed by atoms with E-state index in [0.29, 0.717) is 29.9 Å². The first-order valence-electron chi connectivity index (χ1n) is 6.86. The molecule has 1 aromatic rings. The molecule has 0 amide bonds. The molecule has 0 aliphatic heterocycles. The molecule has 2 atom stereocenters. The number of nitrogen functional groups attached to an aromatic ring is 1. The zero-order valence-corrected chi connectivity index (χ0v) is 11.0. The Labute approximate surface area is 108 Å². The van der Waals surface area contributed by atoms with Gasteiger partial charge in [-0.2, -0.15) is 0 Å². The molecule has 3 heteroatoms. The zero-order valence-electron chi connectivity index (χ0n) is 11.0. The Kier molecular flexibility index (Phi) is 4.59. The summed E-state index contributed by atoms with van der Waals surface area (Å²) < 4.78 is 19.5. The van der Waals surface area contributed by atoms with E-state index in [1.165, 1.54) is 25.3 Å². The van der Waals surface area contributed by atoms with Crippen LogP contribution < -0.4 is 5.73 Å². The van der Waals surface area contributed by atoms with Crippen LogP contribution in [0.25, 0.3) is 0 Å². The fourth-order valence-corrected chi connectivity index (χ4v) is 2.74. The number of halogens is 1. The molecule has 1 aliphatic rings. The van der Waals surface area contributed by atoms with E-state index >= 15 is 0 Å². The highest BCUT2D eigenvalue weighted by atomic mass is 19.1. The van der Waals surface area contributed by atoms with Crippen LogP contribution in [0.15, 0.2) is 18.2 Å². The first-order valence-corrected chi connectivity index (χ1v) is 6.86. The van der Waals surface area contributed by atoms with Gasteiger partial charge in [0.2, 0.25) is 0 Å². The average Bonchev–Trinajstić information content (AvgIpc) is 2.38. The molecule has 0 radical (unpaired) electrons. The summed E-state index contributed by atoms with van der Waals surface area (Å²) in [4.78, 5) is 0. The van der Waals surface area contributed by atoms with Crippen LogP contribution in [0.3, 0.4) is 0 Å². The van der Waals surface area contributed by atoms with E-state index in [-0.39, 0.29) is 5.82 Å². The molecule has 0 spiro atoms. The molecule has 2 unspecified atom stereocenters. The molecule has 2 rings (SSSR count). The van der Waals surface area contributed by atoms with Crippen LogP contribution in [0.5, 0.6) is 0 Å². The normalized spacial score (nSPS) is 24.1. The number of hydrogen-bond donors (Lipinski definition) is 1. The Morgan fingerprint density at radius 1 is 1.33 bits per heavy atom. The third-order valence-corrected chi connectivity index (χ3v) is 3.89. The minimum Gasteiger partial charge on any atom is -0.399 e. The maximum Gasteiger partial charge on any atom is 0.130 e. The van der Waals surface area contributed by atoms with Gasteiger partial charge in [0.25, 0.3) is 0 Å². The molecule has 1 aliphatic carbocycles. The SMILES string of the molecule is CCC1CCCCC1OCc1ccc(N)cc1F. The second-order valence-corrected chi connectivity index (χ2v) is 5.15. The van der Waals surface area contributed by atoms with E-state index in [1.807, 2.05) is 0 Å². The lowest BCUT2D eigenvalue weighted by Gasteiger charge is -2.30. The smallest absolute Gasteiger partial charge is 0.130 e. The predicted molar refractivity (Wildman–Crippen MR) is 71.6 cm³/mol. The van der Waals surface area contributed by atoms with Gasteiger partial charge in [0, 0.05) is 11.3 Å². The Morgan fingerprint density at radius 2 is 2.11 bits per heavy atom. The number of ether oxygens (including phenoxy) is 1. The molecular weight excluding hydrogens is 229 g/mol. The van der Waals surface area contributed by atoms with Crippen LogP contribution >= 0.6 is 0 Å². The van der Waals surface area contributed by atoms with Crippen LogP contribution in [0.4, 0.5) is 10.1 Å². The molecule has 2 nitrogen and oxygen atoms in total. The molecule has 0 heterocycles. The summed E-state index contributed by atoms with van der Waals surface area (Å²) in [5.74, 6) is 0.370. The van der Waals surface area contributed by atoms with Crippen molar-refractivity contribution >= 4 is 5.69 Å². The van der Waals surface area contributed by atoms with Gasteiger partial charge >= 0.3 is 0 Å². The third kappa shape index (κ3) is 3.22. The van der Waals surface area contributed by atoms with Crippen molar-refractivity contribution in [3.8, 4) is 0 Å². The van der Waals surface area contributed by atoms with Crippen LogP contribution in [-0.4, -0.2) is 6.10 Å². The fraction of sp³-hybridized carbons (Fsp3) is 0.600. The highest BCUT2D eigenvalue weighted by Crippen LogP contribution is 2.30. The van der Waals surface area contributed by atoms with E-state index in [9.17, 15) is 4.39 Å². The maximum atomic E-state index is 13.6. The van der Waals surface area contributed by atoms with Crippen LogP contribution in [0, 0.1) is 11.7 Å². The molecule has 1 aromatic carbocycles. The third-order valence-electron chi connectivity index (χ3n) is 3.89. The van der Waals surface area contributed by atoms with E-state index in [4.69, 9.17) is 10.5 Å². The topological polar surface area (TPSA) is 35.2 Å². The summed E-state index contributed by atoms with van der Waals surface area (Å²) in [6.45, 7) is 2.56. The van der Waals surface area contributed by atoms with Gasteiger partial charge in [-0.1, -0.05) is 32.3 Å². The summed E-state index contributed by atoms with van der Waals surface area (Å²) >= 11 is 0. The van der Waals surface area contributed by atoms with Crippen molar-refractivity contribution in [1.82, 2.24) is 0 Å². The van der Waals surface area contributed by atoms with Gasteiger partial charge in [0.1, 0.15) is 5.82 Å². The van der Waals surface area contributed by atoms with Crippen molar-refractivity contribution in [2.75, 3.05) is 5.73 Å². The van der Waals surface area contributed by atoms with Gasteiger partial charge in [-0.3, -0.25) is 0 Å². The van der Waals surface area contributed by atoms with Crippen molar-refractivity contribution in [2.45, 2.75) is 51.7 Å². The fourth-order valence-electron chi connectivity index (χ4n) is 2.74. The predicted octanol–water partition coefficient (Wildman–Crippen LogP) is 3.89. The highest BCUT2D eigenvalue weighted by Gasteiger charge is 2.24. The van der Waals surface area contributed by atoms with Gasteiger partial charge in [-0.15, -0.1) is 0 Å². The number of hydrogen-bond acceptors (Lipinski definition) is 2. The number of anilines is 1. The summed E-state index contributed by atoms with van der Waals surface area (Å²) in [6, 6.07) is 4.80. The Morgan fingerprint density at radius 3 is 2.83 bits per heavy atom. The largest absolute Gasteiger partial charge is 0.399 e. The zero-order chi connectivity index (χ0) is 13.0. The molecule has 18 heavy (non-hydrogen) atoms. The number of benzene rings is 1. The van der Waals surface area contributed by atoms with Gasteiger partial charge in [0.05, 0.1) is 12.7 Å². The van der Waals surface area contributed by atoms with Gasteiger partial charge in [-0.05, 0) is 30.9 Å². The molecule has 2 N–H and O–H groups in total. The monoisotopic (exact) mass is 251 g/mol. The Balaban J connectivity index is 1.93. The van der Waals surface area contributed by atoms with Gasteiger partial charge in [-0.25, -0.2) is 4.39 Å². The highest BCUT2D eigenvalue weighted by molar-refractivity contribution is 5.40. The lowest BCUT2D eigenvalue weighted by molar-refractivity contribution is -0.0231. The Hall–Kier alpha value is -1.09. The van der Waals surface area contributed by atoms with E-state index in [1.54, 1.807) is 12.1 Å². The standard InChI is InChI=1S/C15H22FNO/c1-2-11-5-3-4-6-15(11)18-10-12-7-8-13(17)9-14(12)16/h7-9,11,15H,2-6,10,17H2,1H3. The van der Waals surface area contributed by atoms with Gasteiger partial charge in [0.15, 0.2) is 0 Å². The van der Waals surface area contributed by atoms with Crippen LogP contribution in [-0.2, 0) is 11.3 Å². The first kappa shape index (κ1) is 13.3. The molecule has 0 bridgehead atoms. The van der Waals surface area contributed by atoms with E-state index in [0.717, 1.165) is 12.8 Å². The number of rotatable bonds is 4. The molecular formula is C15H22FNO. The quantitative estimate of drug-likeness (QED) is 0.824. The molecule has 0 aromatic heterocycles. The summed E-state index contributed by atoms with van der Waals surface area (Å²) in [6.07, 6.45) is 6.32. The number of nitrogens with two attached hydrogens (primary N) is 1. The van der Waals surface area contributed by atoms with E-state index in [2.05, 4.69) is 6.92 Å². The molecule has 1 saturated carbocycles. The summed E-state index contributed by atoms with van der Waals surface area (Å²) in [7, 11) is 0. The average molecular weight is 251 g/mol. The van der Waals surface area contributed by atoms with Crippen molar-refractivity contribution in [3.05, 3.63) is 29.6 Å². The Bertz CT molecular complexity index is 394. The van der Waals surface area contributed by atoms with Crippen molar-refractivity contribution < 1.29 is 9.13 Å². The molecule has 1 fully saturated rings. The van der Waals surface area contributed by atoms with Crippen LogP contribution in [0.1, 0.15) is 44.6 Å². The second-order valence-electron chi connectivity index (χ2n) is 5.15. The summed E-state index contributed by atoms with van der Waals surface area (Å²) in [5, 5.41) is 0. The van der Waals surface area contributed by atoms with Crippen LogP contribution in [0.2, 0.25) is 0 Å². The molecule has 0 saturated heterocycles. The minimum atomic E-state index is -0.265. The van der Waals surface area contributed by atoms with Crippen molar-refractivity contribution in [1.29, 1.82) is 0 Å². The lowest BCUT2D eigenvalue weighted by atomic mass is 9.85. The summed E-state index contributed by atoms with van der Waals surface area (Å²) in [5.41, 5.74) is 6.59. The van der Waals surface area contributed by atoms with Gasteiger partial charge < -0.3 is 10.5 Å². The van der Waals surface area contributed by atoms with Crippen molar-refractivity contribution in [2.24, 2.45) is 5.92 Å². The second kappa shape index (κ2) is 6.19. The van der Waals surface area contributed by atoms with E-state index < -0.39 is 0 Å². The van der Waals surface area contributed by atoms with Crippen molar-refractivity contribution in [3.63, 3.8) is 0 Å². The molecule has 100 valence electrons. The first-order chi connectivity index (χ1) is 8.70.